The first-order valence-electron chi connectivity index (χ1n) is 10.9. The molecule has 6 nitrogen and oxygen atoms in total. The van der Waals surface area contributed by atoms with Crippen molar-refractivity contribution < 1.29 is 37.0 Å². The third-order valence-corrected chi connectivity index (χ3v) is 5.73. The van der Waals surface area contributed by atoms with Gasteiger partial charge in [0.15, 0.2) is 0 Å². The number of ether oxygens (including phenoxy) is 3. The lowest BCUT2D eigenvalue weighted by atomic mass is 10.1. The van der Waals surface area contributed by atoms with Gasteiger partial charge >= 0.3 is 18.1 Å². The number of carbonyl (C=O) groups is 2. The van der Waals surface area contributed by atoms with Gasteiger partial charge < -0.3 is 14.2 Å². The number of nitriles is 1. The molecule has 1 aliphatic carbocycles. The first kappa shape index (κ1) is 25.8. The van der Waals surface area contributed by atoms with Crippen molar-refractivity contribution in [1.29, 1.82) is 5.26 Å². The zero-order chi connectivity index (χ0) is 25.6. The summed E-state index contributed by atoms with van der Waals surface area (Å²) in [5.41, 5.74) is -0.119. The average molecular weight is 487 g/mol. The van der Waals surface area contributed by atoms with E-state index >= 15 is 0 Å². The molecule has 184 valence electrons. The summed E-state index contributed by atoms with van der Waals surface area (Å²) >= 11 is 0. The zero-order valence-electron chi connectivity index (χ0n) is 19.1. The van der Waals surface area contributed by atoms with Crippen LogP contribution in [-0.2, 0) is 19.1 Å². The Bertz CT molecular complexity index is 1120. The average Bonchev–Trinajstić information content (AvgIpc) is 3.36. The maximum absolute atomic E-state index is 12.8. The molecule has 0 amide bonds. The molecule has 0 aromatic heterocycles. The van der Waals surface area contributed by atoms with Gasteiger partial charge in [0.25, 0.3) is 0 Å². The fraction of sp³-hybridized carbons (Fsp3) is 0.346. The first-order valence-corrected chi connectivity index (χ1v) is 10.9. The molecule has 1 saturated carbocycles. The highest BCUT2D eigenvalue weighted by molar-refractivity contribution is 5.83. The second kappa shape index (κ2) is 10.6. The van der Waals surface area contributed by atoms with Crippen molar-refractivity contribution in [2.24, 2.45) is 17.3 Å². The predicted molar refractivity (Wildman–Crippen MR) is 119 cm³/mol. The molecule has 0 N–H and O–H groups in total. The Morgan fingerprint density at radius 1 is 1.11 bits per heavy atom. The van der Waals surface area contributed by atoms with Gasteiger partial charge in [0.1, 0.15) is 24.2 Å². The quantitative estimate of drug-likeness (QED) is 0.323. The van der Waals surface area contributed by atoms with Crippen LogP contribution in [0.4, 0.5) is 13.2 Å². The number of nitrogens with zero attached hydrogens (tertiary/aromatic N) is 1. The van der Waals surface area contributed by atoms with Gasteiger partial charge in [-0.15, -0.1) is 0 Å². The largest absolute Gasteiger partial charge is 0.462 e. The van der Waals surface area contributed by atoms with Gasteiger partial charge in [-0.3, -0.25) is 4.79 Å². The van der Waals surface area contributed by atoms with Crippen molar-refractivity contribution >= 4 is 11.9 Å². The summed E-state index contributed by atoms with van der Waals surface area (Å²) in [6.07, 6.45) is -4.37. The number of allylic oxidation sites excluding steroid dienone is 1. The Morgan fingerprint density at radius 3 is 2.46 bits per heavy atom. The summed E-state index contributed by atoms with van der Waals surface area (Å²) in [7, 11) is 0. The minimum Gasteiger partial charge on any atom is -0.462 e. The van der Waals surface area contributed by atoms with Crippen molar-refractivity contribution in [2.45, 2.75) is 32.5 Å². The molecule has 3 rings (SSSR count). The molecule has 1 fully saturated rings. The van der Waals surface area contributed by atoms with Crippen molar-refractivity contribution in [3.63, 3.8) is 0 Å². The van der Waals surface area contributed by atoms with Crippen molar-refractivity contribution in [2.75, 3.05) is 6.61 Å². The zero-order valence-corrected chi connectivity index (χ0v) is 19.1. The second-order valence-electron chi connectivity index (χ2n) is 8.65. The van der Waals surface area contributed by atoms with Crippen LogP contribution in [0.5, 0.6) is 11.5 Å². The monoisotopic (exact) mass is 487 g/mol. The molecule has 2 aromatic carbocycles. The molecule has 3 atom stereocenters. The molecule has 35 heavy (non-hydrogen) atoms. The van der Waals surface area contributed by atoms with E-state index in [1.165, 1.54) is 6.08 Å². The number of hydrogen-bond donors (Lipinski definition) is 0. The Morgan fingerprint density at radius 2 is 1.80 bits per heavy atom. The summed E-state index contributed by atoms with van der Waals surface area (Å²) in [5.74, 6) is -1.47. The van der Waals surface area contributed by atoms with E-state index in [0.717, 1.165) is 6.08 Å². The van der Waals surface area contributed by atoms with Crippen LogP contribution in [0.25, 0.3) is 0 Å². The SMILES string of the molecule is CC1(C)[C@H](C(=O)O[C@H](C#N)c2cccc(Oc3ccccc3)c2)[C@@H]1C=CC(=O)OCCC(F)(F)F. The van der Waals surface area contributed by atoms with Crippen molar-refractivity contribution in [1.82, 2.24) is 0 Å². The summed E-state index contributed by atoms with van der Waals surface area (Å²) in [6, 6.07) is 17.7. The third kappa shape index (κ3) is 7.09. The van der Waals surface area contributed by atoms with E-state index in [1.54, 1.807) is 50.2 Å². The molecule has 0 saturated heterocycles. The second-order valence-corrected chi connectivity index (χ2v) is 8.65. The summed E-state index contributed by atoms with van der Waals surface area (Å²) in [4.78, 5) is 24.5. The summed E-state index contributed by atoms with van der Waals surface area (Å²) < 4.78 is 52.2. The molecule has 0 bridgehead atoms. The van der Waals surface area contributed by atoms with Crippen LogP contribution in [0, 0.1) is 28.6 Å². The van der Waals surface area contributed by atoms with Crippen LogP contribution in [0.15, 0.2) is 66.7 Å². The van der Waals surface area contributed by atoms with Crippen molar-refractivity contribution in [3.8, 4) is 17.6 Å². The van der Waals surface area contributed by atoms with Gasteiger partial charge in [0.2, 0.25) is 6.10 Å². The summed E-state index contributed by atoms with van der Waals surface area (Å²) in [5, 5.41) is 9.60. The van der Waals surface area contributed by atoms with E-state index < -0.39 is 54.5 Å². The molecule has 0 radical (unpaired) electrons. The van der Waals surface area contributed by atoms with Crippen LogP contribution in [0.1, 0.15) is 31.9 Å². The molecular weight excluding hydrogens is 463 g/mol. The van der Waals surface area contributed by atoms with Gasteiger partial charge in [-0.2, -0.15) is 18.4 Å². The Hall–Kier alpha value is -3.80. The summed E-state index contributed by atoms with van der Waals surface area (Å²) in [6.45, 7) is 2.81. The lowest BCUT2D eigenvalue weighted by molar-refractivity contribution is -0.155. The number of carbonyl (C=O) groups excluding carboxylic acids is 2. The number of para-hydroxylation sites is 1. The number of esters is 2. The maximum Gasteiger partial charge on any atom is 0.392 e. The molecular formula is C26H24F3NO5. The fourth-order valence-electron chi connectivity index (χ4n) is 3.71. The van der Waals surface area contributed by atoms with Crippen LogP contribution >= 0.6 is 0 Å². The molecule has 0 aliphatic heterocycles. The van der Waals surface area contributed by atoms with E-state index in [-0.39, 0.29) is 0 Å². The van der Waals surface area contributed by atoms with Gasteiger partial charge in [0.05, 0.1) is 12.3 Å². The highest BCUT2D eigenvalue weighted by Crippen LogP contribution is 2.59. The first-order chi connectivity index (χ1) is 16.5. The Balaban J connectivity index is 1.59. The highest BCUT2D eigenvalue weighted by atomic mass is 19.4. The van der Waals surface area contributed by atoms with Gasteiger partial charge in [-0.05, 0) is 35.6 Å². The van der Waals surface area contributed by atoms with E-state index in [2.05, 4.69) is 4.74 Å². The van der Waals surface area contributed by atoms with E-state index in [1.807, 2.05) is 24.3 Å². The molecule has 2 aromatic rings. The lowest BCUT2D eigenvalue weighted by Gasteiger charge is -2.13. The van der Waals surface area contributed by atoms with E-state index in [0.29, 0.717) is 17.1 Å². The smallest absolute Gasteiger partial charge is 0.392 e. The highest BCUT2D eigenvalue weighted by Gasteiger charge is 2.61. The standard InChI is InChI=1S/C26H24F3NO5/c1-25(2)20(11-12-22(31)33-14-13-26(27,28)29)23(25)24(32)35-21(16-30)17-7-6-10-19(15-17)34-18-8-4-3-5-9-18/h3-12,15,20-21,23H,13-14H2,1-2H3/t20-,21+,23-/m0/s1. The fourth-order valence-corrected chi connectivity index (χ4v) is 3.71. The minimum atomic E-state index is -4.41. The van der Waals surface area contributed by atoms with Gasteiger partial charge in [-0.25, -0.2) is 4.79 Å². The number of hydrogen-bond acceptors (Lipinski definition) is 6. The molecule has 1 aliphatic rings. The number of benzene rings is 2. The van der Waals surface area contributed by atoms with Gasteiger partial charge in [0, 0.05) is 11.6 Å². The molecule has 0 heterocycles. The normalized spacial score (nSPS) is 19.4. The molecule has 9 heteroatoms. The van der Waals surface area contributed by atoms with Crippen LogP contribution in [0.3, 0.4) is 0 Å². The Labute approximate surface area is 200 Å². The predicted octanol–water partition coefficient (Wildman–Crippen LogP) is 5.91. The number of alkyl halides is 3. The number of rotatable bonds is 9. The van der Waals surface area contributed by atoms with Crippen LogP contribution in [0.2, 0.25) is 0 Å². The molecule has 0 unspecified atom stereocenters. The van der Waals surface area contributed by atoms with Crippen LogP contribution < -0.4 is 4.74 Å². The van der Waals surface area contributed by atoms with Gasteiger partial charge in [-0.1, -0.05) is 50.3 Å². The van der Waals surface area contributed by atoms with Crippen LogP contribution in [-0.4, -0.2) is 24.7 Å². The van der Waals surface area contributed by atoms with Crippen molar-refractivity contribution in [3.05, 3.63) is 72.3 Å². The molecule has 0 spiro atoms. The van der Waals surface area contributed by atoms with E-state index in [4.69, 9.17) is 9.47 Å². The third-order valence-electron chi connectivity index (χ3n) is 5.73. The maximum atomic E-state index is 12.8. The number of halogens is 3. The topological polar surface area (TPSA) is 85.6 Å². The minimum absolute atomic E-state index is 0.391. The van der Waals surface area contributed by atoms with E-state index in [9.17, 15) is 28.0 Å². The lowest BCUT2D eigenvalue weighted by Crippen LogP contribution is -2.14. The Kier molecular flexibility index (Phi) is 7.85.